The molecule has 4 rings (SSSR count). The number of rotatable bonds is 5. The maximum absolute atomic E-state index is 13.0. The minimum atomic E-state index is 0.00501. The molecule has 2 aromatic carbocycles. The Morgan fingerprint density at radius 2 is 1.83 bits per heavy atom. The predicted molar refractivity (Wildman–Crippen MR) is 116 cm³/mol. The Bertz CT molecular complexity index is 1170. The number of hydrogen-bond acceptors (Lipinski definition) is 2. The summed E-state index contributed by atoms with van der Waals surface area (Å²) in [6.07, 6.45) is 1.89. The van der Waals surface area contributed by atoms with Crippen molar-refractivity contribution < 1.29 is 4.79 Å². The first-order valence-corrected chi connectivity index (χ1v) is 9.81. The third-order valence-electron chi connectivity index (χ3n) is 5.58. The highest BCUT2D eigenvalue weighted by Gasteiger charge is 2.17. The lowest BCUT2D eigenvalue weighted by Gasteiger charge is -2.16. The van der Waals surface area contributed by atoms with Gasteiger partial charge in [-0.05, 0) is 49.2 Å². The van der Waals surface area contributed by atoms with E-state index in [0.717, 1.165) is 23.1 Å². The Labute approximate surface area is 171 Å². The van der Waals surface area contributed by atoms with E-state index in [-0.39, 0.29) is 5.91 Å². The summed E-state index contributed by atoms with van der Waals surface area (Å²) in [5.41, 5.74) is 6.46. The fourth-order valence-corrected chi connectivity index (χ4v) is 3.84. The molecule has 0 aliphatic carbocycles. The van der Waals surface area contributed by atoms with Gasteiger partial charge < -0.3 is 9.47 Å². The Kier molecular flexibility index (Phi) is 4.97. The summed E-state index contributed by atoms with van der Waals surface area (Å²) in [7, 11) is 3.70. The van der Waals surface area contributed by atoms with Crippen LogP contribution >= 0.6 is 0 Å². The zero-order valence-electron chi connectivity index (χ0n) is 17.4. The summed E-state index contributed by atoms with van der Waals surface area (Å²) in [5, 5.41) is 5.50. The number of amides is 1. The molecule has 0 bridgehead atoms. The van der Waals surface area contributed by atoms with Crippen LogP contribution in [-0.4, -0.2) is 32.2 Å². The third kappa shape index (κ3) is 3.68. The fourth-order valence-electron chi connectivity index (χ4n) is 3.84. The van der Waals surface area contributed by atoms with Crippen LogP contribution in [0.4, 0.5) is 0 Å². The van der Waals surface area contributed by atoms with Crippen LogP contribution in [-0.2, 0) is 20.1 Å². The first kappa shape index (κ1) is 19.0. The molecule has 4 aromatic rings. The van der Waals surface area contributed by atoms with E-state index in [2.05, 4.69) is 53.8 Å². The van der Waals surface area contributed by atoms with Gasteiger partial charge in [0, 0.05) is 49.0 Å². The average Bonchev–Trinajstić information content (AvgIpc) is 3.24. The van der Waals surface area contributed by atoms with Crippen molar-refractivity contribution in [2.45, 2.75) is 26.9 Å². The summed E-state index contributed by atoms with van der Waals surface area (Å²) in [6.45, 7) is 5.59. The highest BCUT2D eigenvalue weighted by atomic mass is 16.2. The molecule has 0 saturated carbocycles. The molecule has 5 nitrogen and oxygen atoms in total. The molecular weight excluding hydrogens is 360 g/mol. The summed E-state index contributed by atoms with van der Waals surface area (Å²) < 4.78 is 4.08. The van der Waals surface area contributed by atoms with Gasteiger partial charge in [-0.2, -0.15) is 5.10 Å². The number of hydrogen-bond donors (Lipinski definition) is 0. The van der Waals surface area contributed by atoms with Crippen molar-refractivity contribution >= 4 is 16.8 Å². The zero-order valence-corrected chi connectivity index (χ0v) is 17.4. The van der Waals surface area contributed by atoms with Gasteiger partial charge in [-0.3, -0.25) is 9.48 Å². The summed E-state index contributed by atoms with van der Waals surface area (Å²) >= 11 is 0. The lowest BCUT2D eigenvalue weighted by molar-refractivity contribution is 0.0783. The smallest absolute Gasteiger partial charge is 0.253 e. The first-order valence-electron chi connectivity index (χ1n) is 9.81. The molecule has 29 heavy (non-hydrogen) atoms. The minimum Gasteiger partial charge on any atom is -0.340 e. The molecular formula is C24H26N4O. The third-order valence-corrected chi connectivity index (χ3v) is 5.58. The molecule has 5 heteroatoms. The Morgan fingerprint density at radius 3 is 2.52 bits per heavy atom. The zero-order chi connectivity index (χ0) is 20.5. The molecule has 2 aromatic heterocycles. The number of fused-ring (bicyclic) bond motifs is 1. The number of carbonyl (C=O) groups is 1. The standard InChI is InChI=1S/C24H26N4O/c1-17-18(2)28(15-19-8-6-5-7-9-19)23-11-10-20(14-22(17)23)24(29)26(3)16-21-12-13-27(4)25-21/h5-14H,15-16H2,1-4H3. The minimum absolute atomic E-state index is 0.00501. The van der Waals surface area contributed by atoms with Gasteiger partial charge in [0.1, 0.15) is 0 Å². The number of nitrogens with zero attached hydrogens (tertiary/aromatic N) is 4. The number of aromatic nitrogens is 3. The van der Waals surface area contributed by atoms with Gasteiger partial charge in [0.2, 0.25) is 0 Å². The Hall–Kier alpha value is -3.34. The van der Waals surface area contributed by atoms with E-state index in [0.29, 0.717) is 12.1 Å². The van der Waals surface area contributed by atoms with Crippen LogP contribution in [0, 0.1) is 13.8 Å². The van der Waals surface area contributed by atoms with Gasteiger partial charge in [0.25, 0.3) is 5.91 Å². The fraction of sp³-hybridized carbons (Fsp3) is 0.250. The summed E-state index contributed by atoms with van der Waals surface area (Å²) in [6, 6.07) is 18.4. The van der Waals surface area contributed by atoms with E-state index in [4.69, 9.17) is 0 Å². The second kappa shape index (κ2) is 7.59. The summed E-state index contributed by atoms with van der Waals surface area (Å²) in [5.74, 6) is 0.00501. The number of benzene rings is 2. The average molecular weight is 386 g/mol. The molecule has 0 spiro atoms. The van der Waals surface area contributed by atoms with Crippen LogP contribution in [0.3, 0.4) is 0 Å². The summed E-state index contributed by atoms with van der Waals surface area (Å²) in [4.78, 5) is 14.7. The monoisotopic (exact) mass is 386 g/mol. The normalized spacial score (nSPS) is 11.2. The van der Waals surface area contributed by atoms with Crippen molar-refractivity contribution in [2.75, 3.05) is 7.05 Å². The quantitative estimate of drug-likeness (QED) is 0.513. The van der Waals surface area contributed by atoms with Crippen molar-refractivity contribution in [3.63, 3.8) is 0 Å². The van der Waals surface area contributed by atoms with Crippen LogP contribution in [0.25, 0.3) is 10.9 Å². The molecule has 148 valence electrons. The van der Waals surface area contributed by atoms with Crippen molar-refractivity contribution in [3.05, 3.63) is 88.9 Å². The van der Waals surface area contributed by atoms with E-state index in [1.807, 2.05) is 44.6 Å². The van der Waals surface area contributed by atoms with E-state index < -0.39 is 0 Å². The van der Waals surface area contributed by atoms with Crippen LogP contribution in [0.5, 0.6) is 0 Å². The molecule has 0 atom stereocenters. The van der Waals surface area contributed by atoms with E-state index in [9.17, 15) is 4.79 Å². The number of carbonyl (C=O) groups excluding carboxylic acids is 1. The van der Waals surface area contributed by atoms with Gasteiger partial charge in [0.05, 0.1) is 12.2 Å². The lowest BCUT2D eigenvalue weighted by atomic mass is 10.1. The van der Waals surface area contributed by atoms with E-state index in [1.165, 1.54) is 16.8 Å². The molecule has 2 heterocycles. The highest BCUT2D eigenvalue weighted by molar-refractivity contribution is 5.99. The second-order valence-electron chi connectivity index (χ2n) is 7.66. The van der Waals surface area contributed by atoms with Crippen LogP contribution in [0.15, 0.2) is 60.8 Å². The molecule has 0 unspecified atom stereocenters. The van der Waals surface area contributed by atoms with Crippen LogP contribution in [0.1, 0.15) is 32.9 Å². The highest BCUT2D eigenvalue weighted by Crippen LogP contribution is 2.27. The Morgan fingerprint density at radius 1 is 1.07 bits per heavy atom. The maximum atomic E-state index is 13.0. The molecule has 0 aliphatic heterocycles. The molecule has 0 aliphatic rings. The topological polar surface area (TPSA) is 43.1 Å². The second-order valence-corrected chi connectivity index (χ2v) is 7.66. The van der Waals surface area contributed by atoms with E-state index >= 15 is 0 Å². The van der Waals surface area contributed by atoms with Gasteiger partial charge in [-0.15, -0.1) is 0 Å². The van der Waals surface area contributed by atoms with Gasteiger partial charge in [0.15, 0.2) is 0 Å². The van der Waals surface area contributed by atoms with E-state index in [1.54, 1.807) is 9.58 Å². The van der Waals surface area contributed by atoms with Gasteiger partial charge in [-0.1, -0.05) is 30.3 Å². The van der Waals surface area contributed by atoms with Gasteiger partial charge >= 0.3 is 0 Å². The van der Waals surface area contributed by atoms with Crippen molar-refractivity contribution in [1.82, 2.24) is 19.2 Å². The first-order chi connectivity index (χ1) is 13.9. The van der Waals surface area contributed by atoms with Crippen molar-refractivity contribution in [2.24, 2.45) is 7.05 Å². The maximum Gasteiger partial charge on any atom is 0.253 e. The van der Waals surface area contributed by atoms with Crippen LogP contribution in [0.2, 0.25) is 0 Å². The molecule has 0 fully saturated rings. The van der Waals surface area contributed by atoms with Crippen LogP contribution < -0.4 is 0 Å². The molecule has 0 N–H and O–H groups in total. The molecule has 0 radical (unpaired) electrons. The number of aryl methyl sites for hydroxylation is 2. The van der Waals surface area contributed by atoms with Crippen molar-refractivity contribution in [1.29, 1.82) is 0 Å². The molecule has 0 saturated heterocycles. The SMILES string of the molecule is Cc1c(C)n(Cc2ccccc2)c2ccc(C(=O)N(C)Cc3ccn(C)n3)cc12. The Balaban J connectivity index is 1.64. The largest absolute Gasteiger partial charge is 0.340 e. The van der Waals surface area contributed by atoms with Crippen molar-refractivity contribution in [3.8, 4) is 0 Å². The van der Waals surface area contributed by atoms with Gasteiger partial charge in [-0.25, -0.2) is 0 Å². The predicted octanol–water partition coefficient (Wildman–Crippen LogP) is 4.31. The lowest BCUT2D eigenvalue weighted by Crippen LogP contribution is -2.26. The molecule has 1 amide bonds.